The van der Waals surface area contributed by atoms with Crippen molar-refractivity contribution < 1.29 is 27.1 Å². The van der Waals surface area contributed by atoms with E-state index in [1.807, 2.05) is 24.3 Å². The number of nitrogens with zero attached hydrogens (tertiary/aromatic N) is 1. The Balaban J connectivity index is 2.00. The first-order valence-electron chi connectivity index (χ1n) is 9.05. The number of likely N-dealkylation sites (N-methyl/N-ethyl adjacent to an activating group) is 1. The van der Waals surface area contributed by atoms with E-state index in [0.717, 1.165) is 27.8 Å². The van der Waals surface area contributed by atoms with Crippen molar-refractivity contribution in [2.75, 3.05) is 33.9 Å². The summed E-state index contributed by atoms with van der Waals surface area (Å²) in [6.45, 7) is 1.63. The van der Waals surface area contributed by atoms with E-state index < -0.39 is 21.7 Å². The number of benzene rings is 2. The van der Waals surface area contributed by atoms with E-state index in [9.17, 15) is 17.6 Å². The van der Waals surface area contributed by atoms with Crippen molar-refractivity contribution in [1.82, 2.24) is 9.62 Å². The maximum absolute atomic E-state index is 13.6. The topological polar surface area (TPSA) is 84.9 Å². The van der Waals surface area contributed by atoms with E-state index in [0.29, 0.717) is 13.0 Å². The Kier molecular flexibility index (Phi) is 7.98. The molecule has 7 nitrogen and oxygen atoms in total. The van der Waals surface area contributed by atoms with E-state index in [1.54, 1.807) is 14.0 Å². The number of halogens is 1. The third-order valence-corrected chi connectivity index (χ3v) is 6.25. The van der Waals surface area contributed by atoms with Crippen LogP contribution in [0.4, 0.5) is 4.39 Å². The monoisotopic (exact) mass is 424 g/mol. The van der Waals surface area contributed by atoms with Gasteiger partial charge in [-0.25, -0.2) is 12.8 Å². The maximum atomic E-state index is 13.6. The molecule has 0 unspecified atom stereocenters. The average molecular weight is 424 g/mol. The van der Waals surface area contributed by atoms with Crippen LogP contribution >= 0.6 is 0 Å². The molecule has 1 N–H and O–H groups in total. The van der Waals surface area contributed by atoms with Crippen LogP contribution in [-0.4, -0.2) is 52.5 Å². The summed E-state index contributed by atoms with van der Waals surface area (Å²) in [5.41, 5.74) is 1.01. The number of hydrogen-bond donors (Lipinski definition) is 1. The second-order valence-electron chi connectivity index (χ2n) is 6.17. The lowest BCUT2D eigenvalue weighted by atomic mass is 10.1. The zero-order valence-corrected chi connectivity index (χ0v) is 17.5. The Labute approximate surface area is 170 Å². The second kappa shape index (κ2) is 10.2. The highest BCUT2D eigenvalue weighted by atomic mass is 32.2. The van der Waals surface area contributed by atoms with Crippen LogP contribution in [0.3, 0.4) is 0 Å². The van der Waals surface area contributed by atoms with E-state index >= 15 is 0 Å². The predicted octanol–water partition coefficient (Wildman–Crippen LogP) is 2.21. The number of amides is 1. The molecule has 2 rings (SSSR count). The van der Waals surface area contributed by atoms with E-state index in [-0.39, 0.29) is 23.7 Å². The summed E-state index contributed by atoms with van der Waals surface area (Å²) in [6, 6.07) is 10.7. The molecule has 0 fully saturated rings. The molecule has 0 aliphatic rings. The highest BCUT2D eigenvalue weighted by Crippen LogP contribution is 2.27. The molecular weight excluding hydrogens is 399 g/mol. The maximum Gasteiger partial charge on any atom is 0.247 e. The first-order chi connectivity index (χ1) is 13.8. The summed E-state index contributed by atoms with van der Waals surface area (Å²) in [6.07, 6.45) is 0.590. The van der Waals surface area contributed by atoms with Crippen molar-refractivity contribution in [2.24, 2.45) is 0 Å². The first kappa shape index (κ1) is 22.6. The smallest absolute Gasteiger partial charge is 0.247 e. The van der Waals surface area contributed by atoms with Gasteiger partial charge in [0.1, 0.15) is 22.2 Å². The predicted molar refractivity (Wildman–Crippen MR) is 107 cm³/mol. The average Bonchev–Trinajstić information content (AvgIpc) is 2.72. The number of hydrogen-bond acceptors (Lipinski definition) is 5. The summed E-state index contributed by atoms with van der Waals surface area (Å²) in [5.74, 6) is -0.386. The number of ether oxygens (including phenoxy) is 2. The van der Waals surface area contributed by atoms with Gasteiger partial charge in [-0.1, -0.05) is 19.1 Å². The summed E-state index contributed by atoms with van der Waals surface area (Å²) in [4.78, 5) is 11.9. The van der Waals surface area contributed by atoms with Crippen molar-refractivity contribution in [3.05, 3.63) is 53.8 Å². The van der Waals surface area contributed by atoms with Crippen molar-refractivity contribution in [3.63, 3.8) is 0 Å². The van der Waals surface area contributed by atoms with Gasteiger partial charge >= 0.3 is 0 Å². The Hall–Kier alpha value is -2.65. The quantitative estimate of drug-likeness (QED) is 0.632. The fraction of sp³-hybridized carbons (Fsp3) is 0.350. The standard InChI is InChI=1S/C20H25FN2O5S/c1-4-23(29(25,26)19-13-16(21)7-10-18(19)28-3)14-20(24)22-12-11-15-5-8-17(27-2)9-6-15/h5-10,13H,4,11-12,14H2,1-3H3,(H,22,24). The summed E-state index contributed by atoms with van der Waals surface area (Å²) < 4.78 is 50.5. The molecule has 0 radical (unpaired) electrons. The van der Waals surface area contributed by atoms with Gasteiger partial charge in [0.05, 0.1) is 20.8 Å². The van der Waals surface area contributed by atoms with Crippen LogP contribution in [0.15, 0.2) is 47.4 Å². The Morgan fingerprint density at radius 2 is 1.79 bits per heavy atom. The third-order valence-electron chi connectivity index (χ3n) is 4.31. The van der Waals surface area contributed by atoms with Crippen LogP contribution in [0.1, 0.15) is 12.5 Å². The molecule has 0 bridgehead atoms. The number of methoxy groups -OCH3 is 2. The van der Waals surface area contributed by atoms with Crippen LogP contribution in [0.25, 0.3) is 0 Å². The fourth-order valence-corrected chi connectivity index (χ4v) is 4.28. The van der Waals surface area contributed by atoms with Crippen LogP contribution < -0.4 is 14.8 Å². The van der Waals surface area contributed by atoms with Crippen molar-refractivity contribution in [3.8, 4) is 11.5 Å². The summed E-state index contributed by atoms with van der Waals surface area (Å²) in [5, 5.41) is 2.71. The third kappa shape index (κ3) is 5.91. The van der Waals surface area contributed by atoms with Crippen molar-refractivity contribution >= 4 is 15.9 Å². The number of carbonyl (C=O) groups excluding carboxylic acids is 1. The molecule has 0 saturated heterocycles. The molecule has 0 heterocycles. The minimum atomic E-state index is -4.10. The van der Waals surface area contributed by atoms with Crippen LogP contribution in [0, 0.1) is 5.82 Å². The highest BCUT2D eigenvalue weighted by molar-refractivity contribution is 7.89. The molecule has 0 aromatic heterocycles. The van der Waals surface area contributed by atoms with Gasteiger partial charge in [-0.3, -0.25) is 4.79 Å². The summed E-state index contributed by atoms with van der Waals surface area (Å²) >= 11 is 0. The summed E-state index contributed by atoms with van der Waals surface area (Å²) in [7, 11) is -1.22. The second-order valence-corrected chi connectivity index (χ2v) is 8.08. The van der Waals surface area contributed by atoms with Crippen molar-refractivity contribution in [2.45, 2.75) is 18.2 Å². The first-order valence-corrected chi connectivity index (χ1v) is 10.5. The molecule has 29 heavy (non-hydrogen) atoms. The van der Waals surface area contributed by atoms with Gasteiger partial charge in [0.2, 0.25) is 15.9 Å². The largest absolute Gasteiger partial charge is 0.497 e. The minimum absolute atomic E-state index is 0.0183. The zero-order valence-electron chi connectivity index (χ0n) is 16.6. The van der Waals surface area contributed by atoms with E-state index in [4.69, 9.17) is 9.47 Å². The van der Waals surface area contributed by atoms with Gasteiger partial charge in [-0.2, -0.15) is 4.31 Å². The molecule has 0 aliphatic heterocycles. The molecule has 0 aliphatic carbocycles. The molecule has 158 valence electrons. The van der Waals surface area contributed by atoms with Gasteiger partial charge in [0.25, 0.3) is 0 Å². The molecule has 0 spiro atoms. The van der Waals surface area contributed by atoms with Gasteiger partial charge in [0, 0.05) is 13.1 Å². The molecule has 0 atom stereocenters. The van der Waals surface area contributed by atoms with Crippen LogP contribution in [0.5, 0.6) is 11.5 Å². The van der Waals surface area contributed by atoms with Crippen molar-refractivity contribution in [1.29, 1.82) is 0 Å². The number of rotatable bonds is 10. The van der Waals surface area contributed by atoms with Gasteiger partial charge in [0.15, 0.2) is 0 Å². The molecule has 9 heteroatoms. The number of sulfonamides is 1. The number of carbonyl (C=O) groups is 1. The van der Waals surface area contributed by atoms with Crippen LogP contribution in [-0.2, 0) is 21.2 Å². The number of nitrogens with one attached hydrogen (secondary N) is 1. The highest BCUT2D eigenvalue weighted by Gasteiger charge is 2.28. The molecule has 0 saturated carbocycles. The Bertz CT molecular complexity index is 932. The molecule has 2 aromatic rings. The fourth-order valence-electron chi connectivity index (χ4n) is 2.71. The SMILES string of the molecule is CCN(CC(=O)NCCc1ccc(OC)cc1)S(=O)(=O)c1cc(F)ccc1OC. The lowest BCUT2D eigenvalue weighted by molar-refractivity contribution is -0.121. The van der Waals surface area contributed by atoms with E-state index in [2.05, 4.69) is 5.32 Å². The Morgan fingerprint density at radius 3 is 2.38 bits per heavy atom. The van der Waals surface area contributed by atoms with E-state index in [1.165, 1.54) is 13.2 Å². The van der Waals surface area contributed by atoms with Gasteiger partial charge < -0.3 is 14.8 Å². The zero-order chi connectivity index (χ0) is 21.4. The normalized spacial score (nSPS) is 11.3. The molecular formula is C20H25FN2O5S. The minimum Gasteiger partial charge on any atom is -0.497 e. The molecule has 1 amide bonds. The van der Waals surface area contributed by atoms with Gasteiger partial charge in [-0.05, 0) is 42.3 Å². The lowest BCUT2D eigenvalue weighted by Crippen LogP contribution is -2.41. The Morgan fingerprint density at radius 1 is 1.10 bits per heavy atom. The lowest BCUT2D eigenvalue weighted by Gasteiger charge is -2.21. The molecule has 2 aromatic carbocycles. The van der Waals surface area contributed by atoms with Gasteiger partial charge in [-0.15, -0.1) is 0 Å². The van der Waals surface area contributed by atoms with Crippen LogP contribution in [0.2, 0.25) is 0 Å².